The number of carbonyl (C=O) groups excluding carboxylic acids is 1. The van der Waals surface area contributed by atoms with E-state index in [2.05, 4.69) is 10.1 Å². The number of likely N-dealkylation sites (tertiary alicyclic amines) is 1. The van der Waals surface area contributed by atoms with E-state index >= 15 is 0 Å². The third-order valence-electron chi connectivity index (χ3n) is 4.53. The highest BCUT2D eigenvalue weighted by molar-refractivity contribution is 5.95. The number of ether oxygens (including phenoxy) is 1. The van der Waals surface area contributed by atoms with E-state index in [4.69, 9.17) is 9.26 Å². The molecule has 1 atom stereocenters. The molecule has 1 amide bonds. The van der Waals surface area contributed by atoms with E-state index in [0.717, 1.165) is 43.5 Å². The second kappa shape index (κ2) is 5.68. The number of fused-ring (bicyclic) bond motifs is 1. The van der Waals surface area contributed by atoms with Gasteiger partial charge in [-0.15, -0.1) is 0 Å². The minimum atomic E-state index is -0.123. The van der Waals surface area contributed by atoms with Crippen LogP contribution in [0.5, 0.6) is 5.75 Å². The van der Waals surface area contributed by atoms with Crippen LogP contribution in [0.25, 0.3) is 0 Å². The Morgan fingerprint density at radius 1 is 1.35 bits per heavy atom. The van der Waals surface area contributed by atoms with Crippen molar-refractivity contribution in [1.82, 2.24) is 15.0 Å². The van der Waals surface area contributed by atoms with Crippen LogP contribution in [0, 0.1) is 6.92 Å². The fourth-order valence-corrected chi connectivity index (χ4v) is 3.37. The molecule has 0 saturated carbocycles. The second-order valence-corrected chi connectivity index (χ2v) is 6.11. The van der Waals surface area contributed by atoms with Gasteiger partial charge in [0.2, 0.25) is 5.89 Å². The van der Waals surface area contributed by atoms with E-state index in [-0.39, 0.29) is 11.9 Å². The summed E-state index contributed by atoms with van der Waals surface area (Å²) in [4.78, 5) is 19.2. The van der Waals surface area contributed by atoms with Gasteiger partial charge in [0.15, 0.2) is 5.82 Å². The molecular formula is C17H19N3O3. The summed E-state index contributed by atoms with van der Waals surface area (Å²) < 4.78 is 10.8. The number of hydrogen-bond donors (Lipinski definition) is 0. The highest BCUT2D eigenvalue weighted by Crippen LogP contribution is 2.32. The maximum absolute atomic E-state index is 13.0. The summed E-state index contributed by atoms with van der Waals surface area (Å²) in [6, 6.07) is 5.57. The van der Waals surface area contributed by atoms with Crippen LogP contribution in [-0.2, 0) is 6.42 Å². The van der Waals surface area contributed by atoms with Crippen molar-refractivity contribution < 1.29 is 14.1 Å². The fourth-order valence-electron chi connectivity index (χ4n) is 3.37. The molecule has 23 heavy (non-hydrogen) atoms. The molecule has 6 heteroatoms. The Bertz CT molecular complexity index is 740. The molecule has 0 radical (unpaired) electrons. The van der Waals surface area contributed by atoms with E-state index in [1.807, 2.05) is 23.1 Å². The largest absolute Gasteiger partial charge is 0.493 e. The predicted molar refractivity (Wildman–Crippen MR) is 82.3 cm³/mol. The van der Waals surface area contributed by atoms with Crippen molar-refractivity contribution in [3.05, 3.63) is 41.0 Å². The van der Waals surface area contributed by atoms with Crippen molar-refractivity contribution >= 4 is 5.91 Å². The van der Waals surface area contributed by atoms with Gasteiger partial charge in [-0.25, -0.2) is 0 Å². The second-order valence-electron chi connectivity index (χ2n) is 6.11. The minimum Gasteiger partial charge on any atom is -0.493 e. The SMILES string of the molecule is Cc1noc([C@H]2CCCCN2C(=O)c2ccc3c(c2)CCO3)n1. The number of carbonyl (C=O) groups is 1. The van der Waals surface area contributed by atoms with E-state index in [9.17, 15) is 4.79 Å². The number of benzene rings is 1. The molecule has 6 nitrogen and oxygen atoms in total. The summed E-state index contributed by atoms with van der Waals surface area (Å²) >= 11 is 0. The number of piperidine rings is 1. The Hall–Kier alpha value is -2.37. The third kappa shape index (κ3) is 2.58. The smallest absolute Gasteiger partial charge is 0.254 e. The minimum absolute atomic E-state index is 0.0280. The molecule has 3 heterocycles. The molecule has 2 aromatic rings. The Balaban J connectivity index is 1.62. The average molecular weight is 313 g/mol. The zero-order chi connectivity index (χ0) is 15.8. The van der Waals surface area contributed by atoms with Crippen LogP contribution in [0.1, 0.15) is 52.9 Å². The highest BCUT2D eigenvalue weighted by atomic mass is 16.5. The maximum Gasteiger partial charge on any atom is 0.254 e. The van der Waals surface area contributed by atoms with Gasteiger partial charge in [0.05, 0.1) is 6.61 Å². The van der Waals surface area contributed by atoms with Crippen molar-refractivity contribution in [2.75, 3.05) is 13.2 Å². The van der Waals surface area contributed by atoms with Crippen LogP contribution in [-0.4, -0.2) is 34.1 Å². The van der Waals surface area contributed by atoms with Crippen molar-refractivity contribution in [1.29, 1.82) is 0 Å². The first-order valence-electron chi connectivity index (χ1n) is 8.09. The molecule has 0 bridgehead atoms. The summed E-state index contributed by atoms with van der Waals surface area (Å²) in [6.45, 7) is 3.21. The van der Waals surface area contributed by atoms with Gasteiger partial charge in [-0.3, -0.25) is 4.79 Å². The number of nitrogens with zero attached hydrogens (tertiary/aromatic N) is 3. The Morgan fingerprint density at radius 2 is 2.26 bits per heavy atom. The molecule has 0 spiro atoms. The maximum atomic E-state index is 13.0. The zero-order valence-electron chi connectivity index (χ0n) is 13.1. The number of rotatable bonds is 2. The molecule has 2 aliphatic heterocycles. The normalized spacial score (nSPS) is 20.2. The number of hydrogen-bond acceptors (Lipinski definition) is 5. The molecule has 120 valence electrons. The van der Waals surface area contributed by atoms with E-state index in [1.54, 1.807) is 6.92 Å². The molecule has 1 saturated heterocycles. The summed E-state index contributed by atoms with van der Waals surface area (Å²) in [5.41, 5.74) is 1.82. The van der Waals surface area contributed by atoms with Gasteiger partial charge in [0, 0.05) is 18.5 Å². The number of aryl methyl sites for hydroxylation is 1. The van der Waals surface area contributed by atoms with Gasteiger partial charge in [0.1, 0.15) is 11.8 Å². The third-order valence-corrected chi connectivity index (χ3v) is 4.53. The molecule has 4 rings (SSSR count). The van der Waals surface area contributed by atoms with Crippen LogP contribution in [0.4, 0.5) is 0 Å². The van der Waals surface area contributed by atoms with Crippen LogP contribution < -0.4 is 4.74 Å². The van der Waals surface area contributed by atoms with Gasteiger partial charge < -0.3 is 14.2 Å². The Morgan fingerprint density at radius 3 is 3.09 bits per heavy atom. The van der Waals surface area contributed by atoms with Gasteiger partial charge in [-0.05, 0) is 49.9 Å². The summed E-state index contributed by atoms with van der Waals surface area (Å²) in [5, 5.41) is 3.86. The van der Waals surface area contributed by atoms with Crippen LogP contribution in [0.2, 0.25) is 0 Å². The van der Waals surface area contributed by atoms with E-state index in [1.165, 1.54) is 0 Å². The van der Waals surface area contributed by atoms with Gasteiger partial charge in [-0.2, -0.15) is 4.98 Å². The summed E-state index contributed by atoms with van der Waals surface area (Å²) in [5.74, 6) is 2.07. The molecule has 0 N–H and O–H groups in total. The lowest BCUT2D eigenvalue weighted by Crippen LogP contribution is -2.38. The van der Waals surface area contributed by atoms with Gasteiger partial charge in [0.25, 0.3) is 5.91 Å². The first-order valence-corrected chi connectivity index (χ1v) is 8.09. The lowest BCUT2D eigenvalue weighted by Gasteiger charge is -2.33. The molecule has 0 unspecified atom stereocenters. The Kier molecular flexibility index (Phi) is 3.52. The monoisotopic (exact) mass is 313 g/mol. The molecule has 1 aromatic heterocycles. The van der Waals surface area contributed by atoms with Crippen LogP contribution in [0.3, 0.4) is 0 Å². The molecule has 2 aliphatic rings. The summed E-state index contributed by atoms with van der Waals surface area (Å²) in [7, 11) is 0. The standard InChI is InChI=1S/C17H19N3O3/c1-11-18-16(23-19-11)14-4-2-3-8-20(14)17(21)13-5-6-15-12(10-13)7-9-22-15/h5-6,10,14H,2-4,7-9H2,1H3/t14-/m1/s1. The topological polar surface area (TPSA) is 68.5 Å². The quantitative estimate of drug-likeness (QED) is 0.852. The zero-order valence-corrected chi connectivity index (χ0v) is 13.1. The summed E-state index contributed by atoms with van der Waals surface area (Å²) in [6.07, 6.45) is 3.79. The van der Waals surface area contributed by atoms with Crippen molar-refractivity contribution in [3.63, 3.8) is 0 Å². The number of amides is 1. The first kappa shape index (κ1) is 14.2. The molecule has 0 aliphatic carbocycles. The number of aromatic nitrogens is 2. The van der Waals surface area contributed by atoms with Crippen molar-refractivity contribution in [3.8, 4) is 5.75 Å². The van der Waals surface area contributed by atoms with Crippen molar-refractivity contribution in [2.45, 2.75) is 38.6 Å². The molecule has 1 fully saturated rings. The first-order chi connectivity index (χ1) is 11.2. The van der Waals surface area contributed by atoms with Gasteiger partial charge >= 0.3 is 0 Å². The molecular weight excluding hydrogens is 294 g/mol. The molecule has 1 aromatic carbocycles. The highest BCUT2D eigenvalue weighted by Gasteiger charge is 2.32. The van der Waals surface area contributed by atoms with Crippen molar-refractivity contribution in [2.24, 2.45) is 0 Å². The van der Waals surface area contributed by atoms with Crippen LogP contribution in [0.15, 0.2) is 22.7 Å². The van der Waals surface area contributed by atoms with Crippen LogP contribution >= 0.6 is 0 Å². The fraction of sp³-hybridized carbons (Fsp3) is 0.471. The predicted octanol–water partition coefficient (Wildman–Crippen LogP) is 2.68. The lowest BCUT2D eigenvalue weighted by atomic mass is 10.00. The van der Waals surface area contributed by atoms with E-state index in [0.29, 0.717) is 23.9 Å². The average Bonchev–Trinajstić information content (AvgIpc) is 3.22. The van der Waals surface area contributed by atoms with E-state index < -0.39 is 0 Å². The van der Waals surface area contributed by atoms with Gasteiger partial charge in [-0.1, -0.05) is 5.16 Å². The lowest BCUT2D eigenvalue weighted by molar-refractivity contribution is 0.0561. The Labute approximate surface area is 134 Å².